The lowest BCUT2D eigenvalue weighted by atomic mass is 10.1. The van der Waals surface area contributed by atoms with Gasteiger partial charge >= 0.3 is 0 Å². The number of amides is 1. The molecule has 0 heterocycles. The number of ether oxygens (including phenoxy) is 2. The minimum atomic E-state index is -0.605. The molecule has 3 N–H and O–H groups in total. The average Bonchev–Trinajstić information content (AvgIpc) is 2.44. The summed E-state index contributed by atoms with van der Waals surface area (Å²) in [7, 11) is 1.63. The minimum absolute atomic E-state index is 0.170. The second-order valence-corrected chi connectivity index (χ2v) is 5.30. The molecular formula is C15H23ClN2O3. The predicted molar refractivity (Wildman–Crippen MR) is 83.6 cm³/mol. The molecule has 0 bridgehead atoms. The molecule has 2 unspecified atom stereocenters. The maximum absolute atomic E-state index is 11.9. The normalized spacial score (nSPS) is 13.6. The van der Waals surface area contributed by atoms with E-state index in [1.807, 2.05) is 6.92 Å². The van der Waals surface area contributed by atoms with Gasteiger partial charge in [-0.3, -0.25) is 4.79 Å². The zero-order valence-corrected chi connectivity index (χ0v) is 13.4. The van der Waals surface area contributed by atoms with Crippen molar-refractivity contribution in [2.75, 3.05) is 20.3 Å². The van der Waals surface area contributed by atoms with E-state index in [2.05, 4.69) is 5.32 Å². The van der Waals surface area contributed by atoms with Crippen LogP contribution in [-0.4, -0.2) is 32.3 Å². The average molecular weight is 315 g/mol. The maximum atomic E-state index is 11.9. The van der Waals surface area contributed by atoms with Crippen molar-refractivity contribution in [2.45, 2.75) is 32.4 Å². The molecule has 0 saturated heterocycles. The molecule has 0 fully saturated rings. The minimum Gasteiger partial charge on any atom is -0.481 e. The van der Waals surface area contributed by atoms with Gasteiger partial charge in [0.2, 0.25) is 0 Å². The standard InChI is InChI=1S/C15H23ClN2O3/c1-10(17)13-9-12(16)5-6-14(13)21-11(2)15(19)18-7-4-8-20-3/h5-6,9-11H,4,7-8,17H2,1-3H3,(H,18,19). The Morgan fingerprint density at radius 2 is 2.14 bits per heavy atom. The summed E-state index contributed by atoms with van der Waals surface area (Å²) in [5.74, 6) is 0.408. The molecule has 1 amide bonds. The van der Waals surface area contributed by atoms with Crippen LogP contribution in [-0.2, 0) is 9.53 Å². The molecule has 0 radical (unpaired) electrons. The number of nitrogens with one attached hydrogen (secondary N) is 1. The summed E-state index contributed by atoms with van der Waals surface area (Å²) in [6.07, 6.45) is 0.160. The molecule has 0 aliphatic rings. The number of carbonyl (C=O) groups excluding carboxylic acids is 1. The van der Waals surface area contributed by atoms with Crippen molar-refractivity contribution in [1.82, 2.24) is 5.32 Å². The van der Waals surface area contributed by atoms with Crippen LogP contribution in [0.1, 0.15) is 31.9 Å². The van der Waals surface area contributed by atoms with Crippen molar-refractivity contribution in [2.24, 2.45) is 5.73 Å². The topological polar surface area (TPSA) is 73.6 Å². The van der Waals surface area contributed by atoms with Crippen molar-refractivity contribution in [1.29, 1.82) is 0 Å². The highest BCUT2D eigenvalue weighted by molar-refractivity contribution is 6.30. The van der Waals surface area contributed by atoms with Crippen LogP contribution >= 0.6 is 11.6 Å². The molecule has 6 heteroatoms. The van der Waals surface area contributed by atoms with E-state index in [9.17, 15) is 4.79 Å². The Morgan fingerprint density at radius 1 is 1.43 bits per heavy atom. The number of hydrogen-bond donors (Lipinski definition) is 2. The third kappa shape index (κ3) is 5.91. The van der Waals surface area contributed by atoms with Crippen LogP contribution in [0.2, 0.25) is 5.02 Å². The summed E-state index contributed by atoms with van der Waals surface area (Å²) in [6.45, 7) is 4.71. The van der Waals surface area contributed by atoms with E-state index in [1.165, 1.54) is 0 Å². The van der Waals surface area contributed by atoms with Crippen molar-refractivity contribution in [3.05, 3.63) is 28.8 Å². The van der Waals surface area contributed by atoms with Gasteiger partial charge in [0, 0.05) is 36.9 Å². The van der Waals surface area contributed by atoms with Crippen molar-refractivity contribution < 1.29 is 14.3 Å². The van der Waals surface area contributed by atoms with Gasteiger partial charge in [-0.15, -0.1) is 0 Å². The SMILES string of the molecule is COCCCNC(=O)C(C)Oc1ccc(Cl)cc1C(C)N. The first kappa shape index (κ1) is 17.8. The molecule has 0 aliphatic heterocycles. The zero-order chi connectivity index (χ0) is 15.8. The van der Waals surface area contributed by atoms with E-state index < -0.39 is 6.10 Å². The summed E-state index contributed by atoms with van der Waals surface area (Å²) in [4.78, 5) is 11.9. The number of methoxy groups -OCH3 is 1. The summed E-state index contributed by atoms with van der Waals surface area (Å²) in [5.41, 5.74) is 6.67. The number of nitrogens with two attached hydrogens (primary N) is 1. The molecule has 5 nitrogen and oxygen atoms in total. The Hall–Kier alpha value is -1.30. The molecule has 0 aliphatic carbocycles. The second-order valence-electron chi connectivity index (χ2n) is 4.87. The Labute approximate surface area is 130 Å². The van der Waals surface area contributed by atoms with E-state index in [-0.39, 0.29) is 11.9 Å². The molecular weight excluding hydrogens is 292 g/mol. The van der Waals surface area contributed by atoms with Gasteiger partial charge in [-0.05, 0) is 38.5 Å². The van der Waals surface area contributed by atoms with Crippen LogP contribution in [0, 0.1) is 0 Å². The first-order valence-electron chi connectivity index (χ1n) is 6.94. The van der Waals surface area contributed by atoms with Crippen LogP contribution < -0.4 is 15.8 Å². The monoisotopic (exact) mass is 314 g/mol. The molecule has 1 aromatic rings. The predicted octanol–water partition coefficient (Wildman–Crippen LogP) is 2.28. The fourth-order valence-electron chi connectivity index (χ4n) is 1.80. The number of halogens is 1. The van der Waals surface area contributed by atoms with Gasteiger partial charge in [-0.1, -0.05) is 11.6 Å². The molecule has 0 spiro atoms. The highest BCUT2D eigenvalue weighted by Crippen LogP contribution is 2.28. The zero-order valence-electron chi connectivity index (χ0n) is 12.7. The lowest BCUT2D eigenvalue weighted by Crippen LogP contribution is -2.37. The third-order valence-electron chi connectivity index (χ3n) is 2.96. The Balaban J connectivity index is 2.61. The quantitative estimate of drug-likeness (QED) is 0.722. The van der Waals surface area contributed by atoms with Gasteiger partial charge in [0.25, 0.3) is 5.91 Å². The summed E-state index contributed by atoms with van der Waals surface area (Å²) < 4.78 is 10.6. The lowest BCUT2D eigenvalue weighted by Gasteiger charge is -2.19. The van der Waals surface area contributed by atoms with Crippen LogP contribution in [0.3, 0.4) is 0 Å². The van der Waals surface area contributed by atoms with E-state index in [0.717, 1.165) is 12.0 Å². The summed E-state index contributed by atoms with van der Waals surface area (Å²) >= 11 is 5.96. The first-order valence-corrected chi connectivity index (χ1v) is 7.31. The van der Waals surface area contributed by atoms with E-state index in [1.54, 1.807) is 32.2 Å². The number of hydrogen-bond acceptors (Lipinski definition) is 4. The first-order chi connectivity index (χ1) is 9.95. The van der Waals surface area contributed by atoms with Crippen LogP contribution in [0.15, 0.2) is 18.2 Å². The van der Waals surface area contributed by atoms with E-state index >= 15 is 0 Å². The van der Waals surface area contributed by atoms with E-state index in [4.69, 9.17) is 26.8 Å². The maximum Gasteiger partial charge on any atom is 0.260 e. The van der Waals surface area contributed by atoms with Gasteiger partial charge in [-0.25, -0.2) is 0 Å². The smallest absolute Gasteiger partial charge is 0.260 e. The number of carbonyl (C=O) groups is 1. The van der Waals surface area contributed by atoms with Crippen molar-refractivity contribution in [3.8, 4) is 5.75 Å². The van der Waals surface area contributed by atoms with Crippen LogP contribution in [0.4, 0.5) is 0 Å². The fourth-order valence-corrected chi connectivity index (χ4v) is 1.98. The van der Waals surface area contributed by atoms with Gasteiger partial charge < -0.3 is 20.5 Å². The largest absolute Gasteiger partial charge is 0.481 e. The highest BCUT2D eigenvalue weighted by atomic mass is 35.5. The van der Waals surface area contributed by atoms with Crippen molar-refractivity contribution in [3.63, 3.8) is 0 Å². The Bertz CT molecular complexity index is 466. The fraction of sp³-hybridized carbons (Fsp3) is 0.533. The third-order valence-corrected chi connectivity index (χ3v) is 3.19. The van der Waals surface area contributed by atoms with Crippen LogP contribution in [0.5, 0.6) is 5.75 Å². The van der Waals surface area contributed by atoms with Gasteiger partial charge in [0.05, 0.1) is 0 Å². The highest BCUT2D eigenvalue weighted by Gasteiger charge is 2.17. The number of benzene rings is 1. The lowest BCUT2D eigenvalue weighted by molar-refractivity contribution is -0.127. The second kappa shape index (κ2) is 8.87. The van der Waals surface area contributed by atoms with Crippen molar-refractivity contribution >= 4 is 17.5 Å². The van der Waals surface area contributed by atoms with Gasteiger partial charge in [0.15, 0.2) is 6.10 Å². The van der Waals surface area contributed by atoms with Crippen LogP contribution in [0.25, 0.3) is 0 Å². The number of rotatable bonds is 8. The molecule has 21 heavy (non-hydrogen) atoms. The Morgan fingerprint density at radius 3 is 2.76 bits per heavy atom. The molecule has 2 atom stereocenters. The van der Waals surface area contributed by atoms with Gasteiger partial charge in [0.1, 0.15) is 5.75 Å². The molecule has 118 valence electrons. The molecule has 1 rings (SSSR count). The summed E-state index contributed by atoms with van der Waals surface area (Å²) in [6, 6.07) is 4.97. The van der Waals surface area contributed by atoms with Gasteiger partial charge in [-0.2, -0.15) is 0 Å². The molecule has 0 saturated carbocycles. The summed E-state index contributed by atoms with van der Waals surface area (Å²) in [5, 5.41) is 3.39. The van der Waals surface area contributed by atoms with E-state index in [0.29, 0.717) is 23.9 Å². The molecule has 1 aromatic carbocycles. The Kier molecular flexibility index (Phi) is 7.50. The molecule has 0 aromatic heterocycles.